The van der Waals surface area contributed by atoms with Crippen LogP contribution in [0.5, 0.6) is 0 Å². The second-order valence-electron chi connectivity index (χ2n) is 7.43. The largest absolute Gasteiger partial charge is 0.354 e. The number of nitrogens with zero attached hydrogens (tertiary/aromatic N) is 3. The third-order valence-electron chi connectivity index (χ3n) is 5.21. The Morgan fingerprint density at radius 2 is 1.93 bits per heavy atom. The number of hydrogen-bond acceptors (Lipinski definition) is 4. The summed E-state index contributed by atoms with van der Waals surface area (Å²) in [5, 5.41) is 11.6. The van der Waals surface area contributed by atoms with Gasteiger partial charge in [0.2, 0.25) is 5.91 Å². The number of amides is 1. The van der Waals surface area contributed by atoms with Crippen molar-refractivity contribution in [2.45, 2.75) is 19.8 Å². The summed E-state index contributed by atoms with van der Waals surface area (Å²) >= 11 is 0. The lowest BCUT2D eigenvalue weighted by Crippen LogP contribution is -2.41. The summed E-state index contributed by atoms with van der Waals surface area (Å²) in [5.74, 6) is 0.135. The third-order valence-corrected chi connectivity index (χ3v) is 5.21. The van der Waals surface area contributed by atoms with Crippen LogP contribution in [-0.4, -0.2) is 29.2 Å². The second kappa shape index (κ2) is 8.39. The quantitative estimate of drug-likeness (QED) is 0.715. The highest BCUT2D eigenvalue weighted by Crippen LogP contribution is 2.24. The maximum absolute atomic E-state index is 13.3. The molecule has 1 fully saturated rings. The molecular formula is C23H23FN4O. The molecule has 1 amide bonds. The number of halogens is 1. The molecule has 1 saturated heterocycles. The summed E-state index contributed by atoms with van der Waals surface area (Å²) in [6, 6.07) is 18.1. The van der Waals surface area contributed by atoms with Gasteiger partial charge in [0.15, 0.2) is 5.82 Å². The monoisotopic (exact) mass is 390 g/mol. The molecular weight excluding hydrogens is 367 g/mol. The number of aryl methyl sites for hydroxylation is 1. The van der Waals surface area contributed by atoms with E-state index in [9.17, 15) is 9.18 Å². The van der Waals surface area contributed by atoms with Crippen LogP contribution in [0.1, 0.15) is 18.4 Å². The van der Waals surface area contributed by atoms with Gasteiger partial charge in [0.1, 0.15) is 5.82 Å². The molecule has 0 bridgehead atoms. The molecule has 2 heterocycles. The van der Waals surface area contributed by atoms with E-state index in [0.717, 1.165) is 36.5 Å². The molecule has 0 radical (unpaired) electrons. The van der Waals surface area contributed by atoms with Gasteiger partial charge >= 0.3 is 0 Å². The zero-order valence-electron chi connectivity index (χ0n) is 16.3. The van der Waals surface area contributed by atoms with Crippen molar-refractivity contribution >= 4 is 17.4 Å². The smallest absolute Gasteiger partial charge is 0.229 e. The third kappa shape index (κ3) is 4.59. The number of carbonyl (C=O) groups excluding carboxylic acids is 1. The summed E-state index contributed by atoms with van der Waals surface area (Å²) in [6.07, 6.45) is 1.69. The highest BCUT2D eigenvalue weighted by molar-refractivity contribution is 5.93. The van der Waals surface area contributed by atoms with Crippen LogP contribution in [0.3, 0.4) is 0 Å². The molecule has 0 saturated carbocycles. The molecule has 2 aromatic carbocycles. The van der Waals surface area contributed by atoms with Crippen molar-refractivity contribution < 1.29 is 9.18 Å². The predicted molar refractivity (Wildman–Crippen MR) is 112 cm³/mol. The molecule has 3 aromatic rings. The zero-order valence-corrected chi connectivity index (χ0v) is 16.3. The predicted octanol–water partition coefficient (Wildman–Crippen LogP) is 4.45. The highest BCUT2D eigenvalue weighted by Gasteiger charge is 2.27. The Morgan fingerprint density at radius 3 is 2.66 bits per heavy atom. The zero-order chi connectivity index (χ0) is 20.2. The van der Waals surface area contributed by atoms with Crippen LogP contribution in [0.15, 0.2) is 60.7 Å². The minimum atomic E-state index is -0.364. The van der Waals surface area contributed by atoms with Gasteiger partial charge in [-0.3, -0.25) is 4.79 Å². The van der Waals surface area contributed by atoms with Gasteiger partial charge in [0.25, 0.3) is 0 Å². The standard InChI is InChI=1S/C23H23FN4O/c1-16-7-9-17(10-8-16)21-11-12-22(27-26-21)28-13-3-4-18(15-28)23(29)25-20-6-2-5-19(24)14-20/h2,5-12,14,18H,3-4,13,15H2,1H3,(H,25,29)/t18-/m0/s1. The average Bonchev–Trinajstić information content (AvgIpc) is 2.74. The fraction of sp³-hybridized carbons (Fsp3) is 0.261. The fourth-order valence-corrected chi connectivity index (χ4v) is 3.58. The maximum Gasteiger partial charge on any atom is 0.229 e. The van der Waals surface area contributed by atoms with Gasteiger partial charge in [-0.05, 0) is 50.1 Å². The summed E-state index contributed by atoms with van der Waals surface area (Å²) in [5.41, 5.74) is 3.54. The molecule has 148 valence electrons. The first kappa shape index (κ1) is 19.1. The Hall–Kier alpha value is -3.28. The van der Waals surface area contributed by atoms with E-state index >= 15 is 0 Å². The van der Waals surface area contributed by atoms with E-state index in [1.807, 2.05) is 24.3 Å². The topological polar surface area (TPSA) is 58.1 Å². The van der Waals surface area contributed by atoms with Gasteiger partial charge in [-0.15, -0.1) is 10.2 Å². The van der Waals surface area contributed by atoms with Crippen LogP contribution in [0.2, 0.25) is 0 Å². The lowest BCUT2D eigenvalue weighted by atomic mass is 9.97. The highest BCUT2D eigenvalue weighted by atomic mass is 19.1. The SMILES string of the molecule is Cc1ccc(-c2ccc(N3CCC[C@H](C(=O)Nc4cccc(F)c4)C3)nn2)cc1. The lowest BCUT2D eigenvalue weighted by Gasteiger charge is -2.32. The summed E-state index contributed by atoms with van der Waals surface area (Å²) in [6.45, 7) is 3.46. The molecule has 1 atom stereocenters. The Morgan fingerprint density at radius 1 is 1.10 bits per heavy atom. The van der Waals surface area contributed by atoms with Crippen LogP contribution < -0.4 is 10.2 Å². The number of aromatic nitrogens is 2. The maximum atomic E-state index is 13.3. The average molecular weight is 390 g/mol. The summed E-state index contributed by atoms with van der Waals surface area (Å²) < 4.78 is 13.3. The first-order chi connectivity index (χ1) is 14.1. The Balaban J connectivity index is 1.42. The van der Waals surface area contributed by atoms with Crippen LogP contribution in [0.25, 0.3) is 11.3 Å². The summed E-state index contributed by atoms with van der Waals surface area (Å²) in [4.78, 5) is 14.7. The first-order valence-electron chi connectivity index (χ1n) is 9.80. The lowest BCUT2D eigenvalue weighted by molar-refractivity contribution is -0.120. The van der Waals surface area contributed by atoms with Crippen molar-refractivity contribution in [1.29, 1.82) is 0 Å². The van der Waals surface area contributed by atoms with E-state index < -0.39 is 0 Å². The van der Waals surface area contributed by atoms with Crippen LogP contribution in [-0.2, 0) is 4.79 Å². The number of nitrogens with one attached hydrogen (secondary N) is 1. The van der Waals surface area contributed by atoms with E-state index in [-0.39, 0.29) is 17.6 Å². The number of hydrogen-bond donors (Lipinski definition) is 1. The Labute approximate surface area is 169 Å². The molecule has 6 heteroatoms. The normalized spacial score (nSPS) is 16.5. The van der Waals surface area contributed by atoms with Gasteiger partial charge in [-0.1, -0.05) is 35.9 Å². The van der Waals surface area contributed by atoms with Crippen molar-refractivity contribution in [3.05, 3.63) is 72.0 Å². The second-order valence-corrected chi connectivity index (χ2v) is 7.43. The molecule has 0 spiro atoms. The van der Waals surface area contributed by atoms with E-state index in [0.29, 0.717) is 12.2 Å². The summed E-state index contributed by atoms with van der Waals surface area (Å²) in [7, 11) is 0. The van der Waals surface area contributed by atoms with Gasteiger partial charge in [-0.25, -0.2) is 4.39 Å². The minimum Gasteiger partial charge on any atom is -0.354 e. The van der Waals surface area contributed by atoms with Crippen LogP contribution in [0.4, 0.5) is 15.9 Å². The number of anilines is 2. The molecule has 1 N–H and O–H groups in total. The van der Waals surface area contributed by atoms with E-state index in [2.05, 4.69) is 39.5 Å². The van der Waals surface area contributed by atoms with Crippen molar-refractivity contribution in [2.24, 2.45) is 5.92 Å². The van der Waals surface area contributed by atoms with Crippen LogP contribution >= 0.6 is 0 Å². The molecule has 0 unspecified atom stereocenters. The molecule has 1 aliphatic heterocycles. The molecule has 0 aliphatic carbocycles. The van der Waals surface area contributed by atoms with Gasteiger partial charge in [-0.2, -0.15) is 0 Å². The number of rotatable bonds is 4. The molecule has 29 heavy (non-hydrogen) atoms. The fourth-order valence-electron chi connectivity index (χ4n) is 3.58. The van der Waals surface area contributed by atoms with Gasteiger partial charge < -0.3 is 10.2 Å². The van der Waals surface area contributed by atoms with Crippen LogP contribution in [0, 0.1) is 18.7 Å². The van der Waals surface area contributed by atoms with Crippen molar-refractivity contribution in [3.8, 4) is 11.3 Å². The van der Waals surface area contributed by atoms with Gasteiger partial charge in [0.05, 0.1) is 11.6 Å². The van der Waals surface area contributed by atoms with Crippen molar-refractivity contribution in [3.63, 3.8) is 0 Å². The van der Waals surface area contributed by atoms with Crippen molar-refractivity contribution in [2.75, 3.05) is 23.3 Å². The van der Waals surface area contributed by atoms with E-state index in [4.69, 9.17) is 0 Å². The number of carbonyl (C=O) groups is 1. The molecule has 1 aliphatic rings. The Kier molecular flexibility index (Phi) is 5.51. The van der Waals surface area contributed by atoms with E-state index in [1.54, 1.807) is 12.1 Å². The number of benzene rings is 2. The molecule has 1 aromatic heterocycles. The Bertz CT molecular complexity index is 989. The first-order valence-corrected chi connectivity index (χ1v) is 9.80. The van der Waals surface area contributed by atoms with Crippen molar-refractivity contribution in [1.82, 2.24) is 10.2 Å². The molecule has 4 rings (SSSR count). The van der Waals surface area contributed by atoms with E-state index in [1.165, 1.54) is 17.7 Å². The van der Waals surface area contributed by atoms with Gasteiger partial charge in [0, 0.05) is 24.3 Å². The molecule has 5 nitrogen and oxygen atoms in total. The number of piperidine rings is 1. The minimum absolute atomic E-state index is 0.0930.